The van der Waals surface area contributed by atoms with Gasteiger partial charge in [0.1, 0.15) is 11.3 Å². The molecule has 11 heteroatoms. The second kappa shape index (κ2) is 8.14. The SMILES string of the molecule is CC1(c2ccc(OC(F)F)cc2)NC(=O)N(CC(O)c2cccc(C(F)(F)F)c2)C1=O. The van der Waals surface area contributed by atoms with E-state index in [-0.39, 0.29) is 16.9 Å². The Bertz CT molecular complexity index is 980. The van der Waals surface area contributed by atoms with Crippen molar-refractivity contribution in [2.75, 3.05) is 6.54 Å². The lowest BCUT2D eigenvalue weighted by atomic mass is 9.92. The average Bonchev–Trinajstić information content (AvgIpc) is 2.91. The molecule has 2 atom stereocenters. The molecule has 2 unspecified atom stereocenters. The maximum atomic E-state index is 12.9. The van der Waals surface area contributed by atoms with Crippen LogP contribution in [0.4, 0.5) is 26.7 Å². The number of nitrogens with one attached hydrogen (secondary N) is 1. The van der Waals surface area contributed by atoms with Gasteiger partial charge in [-0.25, -0.2) is 4.79 Å². The zero-order valence-corrected chi connectivity index (χ0v) is 16.0. The molecule has 0 bridgehead atoms. The van der Waals surface area contributed by atoms with Gasteiger partial charge in [-0.3, -0.25) is 9.69 Å². The average molecular weight is 444 g/mol. The molecule has 0 saturated carbocycles. The van der Waals surface area contributed by atoms with Crippen LogP contribution in [0.25, 0.3) is 0 Å². The van der Waals surface area contributed by atoms with Crippen molar-refractivity contribution in [2.45, 2.75) is 31.4 Å². The molecule has 0 aliphatic carbocycles. The van der Waals surface area contributed by atoms with Crippen LogP contribution in [0.5, 0.6) is 5.75 Å². The number of nitrogens with zero attached hydrogens (tertiary/aromatic N) is 1. The molecule has 3 amide bonds. The van der Waals surface area contributed by atoms with Gasteiger partial charge in [-0.05, 0) is 42.3 Å². The van der Waals surface area contributed by atoms with E-state index in [1.165, 1.54) is 37.3 Å². The molecule has 2 aromatic carbocycles. The van der Waals surface area contributed by atoms with Gasteiger partial charge >= 0.3 is 18.8 Å². The molecule has 1 aliphatic heterocycles. The van der Waals surface area contributed by atoms with Gasteiger partial charge in [-0.15, -0.1) is 0 Å². The minimum Gasteiger partial charge on any atom is -0.435 e. The maximum absolute atomic E-state index is 12.9. The van der Waals surface area contributed by atoms with Crippen molar-refractivity contribution in [3.05, 3.63) is 65.2 Å². The number of carbonyl (C=O) groups excluding carboxylic acids is 2. The van der Waals surface area contributed by atoms with E-state index < -0.39 is 48.5 Å². The molecule has 6 nitrogen and oxygen atoms in total. The number of urea groups is 1. The molecule has 0 spiro atoms. The smallest absolute Gasteiger partial charge is 0.416 e. The zero-order valence-electron chi connectivity index (χ0n) is 16.0. The first kappa shape index (κ1) is 22.5. The minimum atomic E-state index is -4.62. The molecule has 1 aliphatic rings. The van der Waals surface area contributed by atoms with Crippen molar-refractivity contribution >= 4 is 11.9 Å². The Morgan fingerprint density at radius 3 is 2.35 bits per heavy atom. The number of aliphatic hydroxyl groups excluding tert-OH is 1. The topological polar surface area (TPSA) is 78.9 Å². The van der Waals surface area contributed by atoms with Crippen molar-refractivity contribution in [2.24, 2.45) is 0 Å². The van der Waals surface area contributed by atoms with Gasteiger partial charge in [0.05, 0.1) is 18.2 Å². The van der Waals surface area contributed by atoms with Crippen molar-refractivity contribution in [3.63, 3.8) is 0 Å². The van der Waals surface area contributed by atoms with Gasteiger partial charge in [-0.1, -0.05) is 24.3 Å². The molecule has 31 heavy (non-hydrogen) atoms. The van der Waals surface area contributed by atoms with E-state index in [0.29, 0.717) is 4.90 Å². The number of rotatable bonds is 6. The number of hydrogen-bond donors (Lipinski definition) is 2. The fourth-order valence-corrected chi connectivity index (χ4v) is 3.23. The van der Waals surface area contributed by atoms with Crippen molar-refractivity contribution < 1.29 is 41.4 Å². The second-order valence-corrected chi connectivity index (χ2v) is 7.01. The standard InChI is InChI=1S/C20H17F5N2O4/c1-19(12-5-7-14(8-6-12)31-17(21)22)16(29)27(18(30)26-19)10-15(28)11-3-2-4-13(9-11)20(23,24)25/h2-9,15,17,28H,10H2,1H3,(H,26,30). The molecular formula is C20H17F5N2O4. The van der Waals surface area contributed by atoms with Crippen LogP contribution in [-0.2, 0) is 16.5 Å². The third kappa shape index (κ3) is 4.61. The number of halogens is 5. The number of benzene rings is 2. The first-order valence-corrected chi connectivity index (χ1v) is 8.96. The van der Waals surface area contributed by atoms with Gasteiger partial charge in [0.15, 0.2) is 0 Å². The third-order valence-electron chi connectivity index (χ3n) is 4.89. The summed E-state index contributed by atoms with van der Waals surface area (Å²) in [6.45, 7) is -2.22. The summed E-state index contributed by atoms with van der Waals surface area (Å²) >= 11 is 0. The fourth-order valence-electron chi connectivity index (χ4n) is 3.23. The van der Waals surface area contributed by atoms with Gasteiger partial charge in [0, 0.05) is 0 Å². The fraction of sp³-hybridized carbons (Fsp3) is 0.300. The number of hydrogen-bond acceptors (Lipinski definition) is 4. The highest BCUT2D eigenvalue weighted by Crippen LogP contribution is 2.33. The maximum Gasteiger partial charge on any atom is 0.416 e. The molecule has 0 radical (unpaired) electrons. The summed E-state index contributed by atoms with van der Waals surface area (Å²) in [6, 6.07) is 8.13. The Labute approximate surface area is 173 Å². The molecule has 1 saturated heterocycles. The Morgan fingerprint density at radius 1 is 1.13 bits per heavy atom. The number of ether oxygens (including phenoxy) is 1. The zero-order chi connectivity index (χ0) is 23.0. The molecule has 2 aromatic rings. The Morgan fingerprint density at radius 2 is 1.77 bits per heavy atom. The Hall–Kier alpha value is -3.21. The molecular weight excluding hydrogens is 427 g/mol. The van der Waals surface area contributed by atoms with Gasteiger partial charge in [0.2, 0.25) is 0 Å². The van der Waals surface area contributed by atoms with E-state index in [9.17, 15) is 36.6 Å². The highest BCUT2D eigenvalue weighted by molar-refractivity contribution is 6.07. The highest BCUT2D eigenvalue weighted by Gasteiger charge is 2.49. The number of β-amino-alcohol motifs (C(OH)–C–C–N with tert-alkyl or cyclic N) is 1. The Kier molecular flexibility index (Phi) is 5.90. The summed E-state index contributed by atoms with van der Waals surface area (Å²) in [6.07, 6.45) is -6.17. The van der Waals surface area contributed by atoms with E-state index in [1.54, 1.807) is 0 Å². The second-order valence-electron chi connectivity index (χ2n) is 7.01. The molecule has 1 heterocycles. The third-order valence-corrected chi connectivity index (χ3v) is 4.89. The summed E-state index contributed by atoms with van der Waals surface area (Å²) in [5.74, 6) is -0.901. The lowest BCUT2D eigenvalue weighted by Gasteiger charge is -2.23. The number of carbonyl (C=O) groups is 2. The summed E-state index contributed by atoms with van der Waals surface area (Å²) in [7, 11) is 0. The van der Waals surface area contributed by atoms with E-state index in [1.807, 2.05) is 0 Å². The first-order chi connectivity index (χ1) is 14.4. The van der Waals surface area contributed by atoms with Gasteiger partial charge in [-0.2, -0.15) is 22.0 Å². The van der Waals surface area contributed by atoms with Crippen molar-refractivity contribution in [1.82, 2.24) is 10.2 Å². The van der Waals surface area contributed by atoms with Crippen LogP contribution in [0.2, 0.25) is 0 Å². The van der Waals surface area contributed by atoms with Crippen LogP contribution in [0.1, 0.15) is 29.7 Å². The molecule has 1 fully saturated rings. The lowest BCUT2D eigenvalue weighted by Crippen LogP contribution is -2.41. The van der Waals surface area contributed by atoms with Crippen LogP contribution in [0, 0.1) is 0 Å². The summed E-state index contributed by atoms with van der Waals surface area (Å²) < 4.78 is 67.5. The number of alkyl halides is 5. The highest BCUT2D eigenvalue weighted by atomic mass is 19.4. The van der Waals surface area contributed by atoms with E-state index in [0.717, 1.165) is 18.2 Å². The van der Waals surface area contributed by atoms with Gasteiger partial charge < -0.3 is 15.2 Å². The number of aliphatic hydroxyl groups is 1. The first-order valence-electron chi connectivity index (χ1n) is 8.96. The predicted molar refractivity (Wildman–Crippen MR) is 97.1 cm³/mol. The molecule has 0 aromatic heterocycles. The van der Waals surface area contributed by atoms with Crippen molar-refractivity contribution in [3.8, 4) is 5.75 Å². The number of amides is 3. The van der Waals surface area contributed by atoms with Crippen LogP contribution < -0.4 is 10.1 Å². The van der Waals surface area contributed by atoms with E-state index in [2.05, 4.69) is 10.1 Å². The van der Waals surface area contributed by atoms with Crippen LogP contribution in [0.15, 0.2) is 48.5 Å². The van der Waals surface area contributed by atoms with Crippen LogP contribution >= 0.6 is 0 Å². The molecule has 166 valence electrons. The molecule has 2 N–H and O–H groups in total. The lowest BCUT2D eigenvalue weighted by molar-refractivity contribution is -0.138. The largest absolute Gasteiger partial charge is 0.435 e. The summed E-state index contributed by atoms with van der Waals surface area (Å²) in [5.41, 5.74) is -2.38. The summed E-state index contributed by atoms with van der Waals surface area (Å²) in [5, 5.41) is 12.8. The van der Waals surface area contributed by atoms with Crippen LogP contribution in [-0.4, -0.2) is 35.1 Å². The monoisotopic (exact) mass is 444 g/mol. The minimum absolute atomic E-state index is 0.113. The Balaban J connectivity index is 1.78. The predicted octanol–water partition coefficient (Wildman–Crippen LogP) is 3.81. The normalized spacial score (nSPS) is 20.2. The van der Waals surface area contributed by atoms with E-state index >= 15 is 0 Å². The quantitative estimate of drug-likeness (QED) is 0.525. The van der Waals surface area contributed by atoms with E-state index in [4.69, 9.17) is 0 Å². The van der Waals surface area contributed by atoms with Crippen LogP contribution in [0.3, 0.4) is 0 Å². The van der Waals surface area contributed by atoms with Crippen molar-refractivity contribution in [1.29, 1.82) is 0 Å². The number of imide groups is 1. The molecule has 3 rings (SSSR count). The van der Waals surface area contributed by atoms with Gasteiger partial charge in [0.25, 0.3) is 5.91 Å². The summed E-state index contributed by atoms with van der Waals surface area (Å²) in [4.78, 5) is 25.9.